The number of hydrogen-bond acceptors (Lipinski definition) is 5. The van der Waals surface area contributed by atoms with Crippen molar-refractivity contribution < 1.29 is 18.0 Å². The van der Waals surface area contributed by atoms with Crippen LogP contribution in [0.2, 0.25) is 0 Å². The van der Waals surface area contributed by atoms with Crippen molar-refractivity contribution in [2.24, 2.45) is 0 Å². The van der Waals surface area contributed by atoms with Crippen molar-refractivity contribution in [3.63, 3.8) is 0 Å². The average molecular weight is 401 g/mol. The van der Waals surface area contributed by atoms with Crippen LogP contribution in [0.25, 0.3) is 11.0 Å². The number of carbonyl (C=O) groups excluding carboxylic acids is 1. The molecule has 1 unspecified atom stereocenters. The van der Waals surface area contributed by atoms with E-state index in [0.717, 1.165) is 12.4 Å². The molecule has 2 N–H and O–H groups in total. The predicted molar refractivity (Wildman–Crippen MR) is 101 cm³/mol. The normalized spacial score (nSPS) is 17.5. The van der Waals surface area contributed by atoms with E-state index in [1.807, 2.05) is 6.07 Å². The van der Waals surface area contributed by atoms with Crippen LogP contribution in [0.5, 0.6) is 0 Å². The van der Waals surface area contributed by atoms with Crippen LogP contribution in [0.1, 0.15) is 40.4 Å². The summed E-state index contributed by atoms with van der Waals surface area (Å²) in [6.45, 7) is 0.850. The van der Waals surface area contributed by atoms with Gasteiger partial charge in [-0.3, -0.25) is 4.79 Å². The highest BCUT2D eigenvalue weighted by Gasteiger charge is 2.36. The monoisotopic (exact) mass is 401 g/mol. The molecule has 0 bridgehead atoms. The molecule has 9 heteroatoms. The van der Waals surface area contributed by atoms with E-state index in [2.05, 4.69) is 15.0 Å². The van der Waals surface area contributed by atoms with E-state index in [-0.39, 0.29) is 34.4 Å². The Morgan fingerprint density at radius 1 is 1.17 bits per heavy atom. The van der Waals surface area contributed by atoms with Crippen LogP contribution in [0.3, 0.4) is 0 Å². The molecule has 1 aliphatic heterocycles. The van der Waals surface area contributed by atoms with Gasteiger partial charge in [-0.2, -0.15) is 13.2 Å². The molecule has 0 saturated carbocycles. The quantitative estimate of drug-likeness (QED) is 0.709. The number of amides is 1. The summed E-state index contributed by atoms with van der Waals surface area (Å²) < 4.78 is 41.0. The SMILES string of the molecule is Nc1ncnc2nc(C3CCCN(C(=O)c4ccccc4)C3)cc(C(F)(F)F)c12. The summed E-state index contributed by atoms with van der Waals surface area (Å²) in [7, 11) is 0. The molecule has 3 heterocycles. The van der Waals surface area contributed by atoms with Crippen molar-refractivity contribution in [3.05, 3.63) is 59.5 Å². The Kier molecular flexibility index (Phi) is 4.81. The molecule has 29 heavy (non-hydrogen) atoms. The molecular weight excluding hydrogens is 383 g/mol. The molecule has 1 aliphatic rings. The largest absolute Gasteiger partial charge is 0.417 e. The summed E-state index contributed by atoms with van der Waals surface area (Å²) in [5.74, 6) is -0.720. The first kappa shape index (κ1) is 19.1. The molecule has 1 saturated heterocycles. The molecule has 1 aromatic carbocycles. The summed E-state index contributed by atoms with van der Waals surface area (Å²) in [5.41, 5.74) is 5.48. The number of pyridine rings is 1. The van der Waals surface area contributed by atoms with Gasteiger partial charge in [-0.05, 0) is 31.0 Å². The summed E-state index contributed by atoms with van der Waals surface area (Å²) >= 11 is 0. The summed E-state index contributed by atoms with van der Waals surface area (Å²) in [5, 5.41) is -0.295. The number of piperidine rings is 1. The summed E-state index contributed by atoms with van der Waals surface area (Å²) in [6.07, 6.45) is -2.21. The molecule has 4 rings (SSSR count). The Labute approximate surface area is 164 Å². The zero-order chi connectivity index (χ0) is 20.6. The molecule has 150 valence electrons. The molecule has 1 amide bonds. The summed E-state index contributed by atoms with van der Waals surface area (Å²) in [6, 6.07) is 9.84. The standard InChI is InChI=1S/C20H18F3N5O/c21-20(22,23)14-9-15(27-18-16(14)17(24)25-11-26-18)13-7-4-8-28(10-13)19(29)12-5-2-1-3-6-12/h1-3,5-6,9,11,13H,4,7-8,10H2,(H2,24,25,26,27). The number of benzene rings is 1. The fourth-order valence-electron chi connectivity index (χ4n) is 3.71. The molecule has 2 aromatic heterocycles. The van der Waals surface area contributed by atoms with Gasteiger partial charge in [-0.1, -0.05) is 18.2 Å². The highest BCUT2D eigenvalue weighted by Crippen LogP contribution is 2.38. The first-order valence-electron chi connectivity index (χ1n) is 9.17. The molecule has 0 radical (unpaired) electrons. The van der Waals surface area contributed by atoms with Gasteiger partial charge in [0.1, 0.15) is 12.1 Å². The third kappa shape index (κ3) is 3.72. The second-order valence-electron chi connectivity index (χ2n) is 7.01. The van der Waals surface area contributed by atoms with Crippen molar-refractivity contribution in [1.82, 2.24) is 19.9 Å². The minimum absolute atomic E-state index is 0.0890. The lowest BCUT2D eigenvalue weighted by Crippen LogP contribution is -2.39. The number of nitrogens with two attached hydrogens (primary N) is 1. The zero-order valence-corrected chi connectivity index (χ0v) is 15.4. The lowest BCUT2D eigenvalue weighted by atomic mass is 9.92. The van der Waals surface area contributed by atoms with Crippen LogP contribution < -0.4 is 5.73 Å². The van der Waals surface area contributed by atoms with Gasteiger partial charge in [0.05, 0.1) is 10.9 Å². The van der Waals surface area contributed by atoms with E-state index in [1.165, 1.54) is 0 Å². The summed E-state index contributed by atoms with van der Waals surface area (Å²) in [4.78, 5) is 26.3. The van der Waals surface area contributed by atoms with Crippen LogP contribution in [0, 0.1) is 0 Å². The third-order valence-corrected chi connectivity index (χ3v) is 5.11. The predicted octanol–water partition coefficient (Wildman–Crippen LogP) is 3.65. The van der Waals surface area contributed by atoms with Gasteiger partial charge in [0.25, 0.3) is 5.91 Å². The second kappa shape index (κ2) is 7.31. The van der Waals surface area contributed by atoms with Crippen molar-refractivity contribution in [3.8, 4) is 0 Å². The molecule has 1 fully saturated rings. The topological polar surface area (TPSA) is 85.0 Å². The Hall–Kier alpha value is -3.23. The van der Waals surface area contributed by atoms with Gasteiger partial charge in [0.15, 0.2) is 5.65 Å². The van der Waals surface area contributed by atoms with E-state index in [0.29, 0.717) is 31.5 Å². The number of nitrogen functional groups attached to an aromatic ring is 1. The average Bonchev–Trinajstić information content (AvgIpc) is 2.73. The first-order valence-corrected chi connectivity index (χ1v) is 9.17. The second-order valence-corrected chi connectivity index (χ2v) is 7.01. The number of nitrogens with zero attached hydrogens (tertiary/aromatic N) is 4. The van der Waals surface area contributed by atoms with E-state index < -0.39 is 11.7 Å². The number of fused-ring (bicyclic) bond motifs is 1. The number of hydrogen-bond donors (Lipinski definition) is 1. The van der Waals surface area contributed by atoms with Crippen LogP contribution >= 0.6 is 0 Å². The van der Waals surface area contributed by atoms with E-state index in [4.69, 9.17) is 5.73 Å². The van der Waals surface area contributed by atoms with Crippen molar-refractivity contribution >= 4 is 22.8 Å². The van der Waals surface area contributed by atoms with Crippen LogP contribution in [0.4, 0.5) is 19.0 Å². The highest BCUT2D eigenvalue weighted by molar-refractivity contribution is 5.94. The number of likely N-dealkylation sites (tertiary alicyclic amines) is 1. The lowest BCUT2D eigenvalue weighted by molar-refractivity contribution is -0.136. The number of carbonyl (C=O) groups is 1. The Balaban J connectivity index is 1.70. The maximum Gasteiger partial charge on any atom is 0.417 e. The molecule has 0 spiro atoms. The highest BCUT2D eigenvalue weighted by atomic mass is 19.4. The molecular formula is C20H18F3N5O. The Morgan fingerprint density at radius 2 is 1.93 bits per heavy atom. The van der Waals surface area contributed by atoms with E-state index in [1.54, 1.807) is 29.2 Å². The third-order valence-electron chi connectivity index (χ3n) is 5.11. The van der Waals surface area contributed by atoms with Gasteiger partial charge in [0, 0.05) is 30.3 Å². The van der Waals surface area contributed by atoms with Gasteiger partial charge >= 0.3 is 6.18 Å². The fourth-order valence-corrected chi connectivity index (χ4v) is 3.71. The minimum atomic E-state index is -4.62. The number of halogens is 3. The van der Waals surface area contributed by atoms with Gasteiger partial charge in [-0.25, -0.2) is 15.0 Å². The van der Waals surface area contributed by atoms with Gasteiger partial charge in [-0.15, -0.1) is 0 Å². The van der Waals surface area contributed by atoms with E-state index >= 15 is 0 Å². The van der Waals surface area contributed by atoms with Gasteiger partial charge < -0.3 is 10.6 Å². The molecule has 1 atom stereocenters. The number of alkyl halides is 3. The Bertz CT molecular complexity index is 1060. The van der Waals surface area contributed by atoms with Gasteiger partial charge in [0.2, 0.25) is 0 Å². The first-order chi connectivity index (χ1) is 13.8. The van der Waals surface area contributed by atoms with Crippen LogP contribution in [-0.2, 0) is 6.18 Å². The Morgan fingerprint density at radius 3 is 2.66 bits per heavy atom. The minimum Gasteiger partial charge on any atom is -0.383 e. The molecule has 0 aliphatic carbocycles. The van der Waals surface area contributed by atoms with Crippen LogP contribution in [0.15, 0.2) is 42.7 Å². The van der Waals surface area contributed by atoms with Crippen LogP contribution in [-0.4, -0.2) is 38.8 Å². The number of anilines is 1. The number of aromatic nitrogens is 3. The lowest BCUT2D eigenvalue weighted by Gasteiger charge is -2.33. The molecule has 6 nitrogen and oxygen atoms in total. The van der Waals surface area contributed by atoms with Crippen molar-refractivity contribution in [2.75, 3.05) is 18.8 Å². The zero-order valence-electron chi connectivity index (χ0n) is 15.4. The fraction of sp³-hybridized carbons (Fsp3) is 0.300. The number of rotatable bonds is 2. The van der Waals surface area contributed by atoms with Crippen molar-refractivity contribution in [2.45, 2.75) is 24.9 Å². The maximum atomic E-state index is 13.7. The molecule has 3 aromatic rings. The van der Waals surface area contributed by atoms with Crippen molar-refractivity contribution in [1.29, 1.82) is 0 Å². The smallest absolute Gasteiger partial charge is 0.383 e. The maximum absolute atomic E-state index is 13.7. The van der Waals surface area contributed by atoms with E-state index in [9.17, 15) is 18.0 Å².